The molecule has 33 heavy (non-hydrogen) atoms. The van der Waals surface area contributed by atoms with Crippen LogP contribution in [-0.2, 0) is 9.59 Å². The van der Waals surface area contributed by atoms with Crippen LogP contribution in [0.5, 0.6) is 0 Å². The Hall–Kier alpha value is -0.920. The first kappa shape index (κ1) is 23.8. The van der Waals surface area contributed by atoms with Gasteiger partial charge < -0.3 is 0 Å². The molecule has 0 bridgehead atoms. The van der Waals surface area contributed by atoms with Crippen molar-refractivity contribution >= 4 is 11.6 Å². The van der Waals surface area contributed by atoms with Gasteiger partial charge in [-0.25, -0.2) is 0 Å². The third kappa shape index (κ3) is 2.85. The van der Waals surface area contributed by atoms with Crippen molar-refractivity contribution < 1.29 is 9.59 Å². The lowest BCUT2D eigenvalue weighted by molar-refractivity contribution is -0.229. The summed E-state index contributed by atoms with van der Waals surface area (Å²) in [6.07, 6.45) is 12.9. The Balaban J connectivity index is 1.59. The summed E-state index contributed by atoms with van der Waals surface area (Å²) in [6.45, 7) is 21.1. The van der Waals surface area contributed by atoms with E-state index in [0.717, 1.165) is 32.1 Å². The quantitative estimate of drug-likeness (QED) is 0.380. The summed E-state index contributed by atoms with van der Waals surface area (Å²) in [5, 5.41) is 0. The van der Waals surface area contributed by atoms with Crippen molar-refractivity contribution in [2.24, 2.45) is 56.2 Å². The van der Waals surface area contributed by atoms with E-state index in [1.165, 1.54) is 25.7 Å². The first-order chi connectivity index (χ1) is 15.2. The van der Waals surface area contributed by atoms with Gasteiger partial charge in [-0.15, -0.1) is 6.58 Å². The number of carbonyl (C=O) groups excluding carboxylic acids is 2. The summed E-state index contributed by atoms with van der Waals surface area (Å²) in [5.41, 5.74) is 0.517. The normalized spacial score (nSPS) is 52.7. The van der Waals surface area contributed by atoms with Crippen molar-refractivity contribution in [1.29, 1.82) is 0 Å². The third-order valence-corrected chi connectivity index (χ3v) is 13.2. The van der Waals surface area contributed by atoms with Gasteiger partial charge in [-0.05, 0) is 96.2 Å². The van der Waals surface area contributed by atoms with Crippen molar-refractivity contribution in [3.05, 3.63) is 12.7 Å². The average molecular weight is 453 g/mol. The Kier molecular flexibility index (Phi) is 4.94. The van der Waals surface area contributed by atoms with Gasteiger partial charge in [0.2, 0.25) is 0 Å². The van der Waals surface area contributed by atoms with Gasteiger partial charge in [-0.3, -0.25) is 9.59 Å². The fraction of sp³-hybridized carbons (Fsp3) is 0.871. The van der Waals surface area contributed by atoms with Crippen LogP contribution < -0.4 is 0 Å². The number of rotatable bonds is 1. The molecule has 184 valence electrons. The zero-order valence-electron chi connectivity index (χ0n) is 22.5. The molecule has 0 radical (unpaired) electrons. The molecular weight excluding hydrogens is 404 g/mol. The van der Waals surface area contributed by atoms with Crippen LogP contribution >= 0.6 is 0 Å². The van der Waals surface area contributed by atoms with Crippen molar-refractivity contribution in [1.82, 2.24) is 0 Å². The zero-order valence-corrected chi connectivity index (χ0v) is 22.5. The minimum Gasteiger partial charge on any atom is -0.299 e. The molecule has 0 amide bonds. The Morgan fingerprint density at radius 1 is 0.818 bits per heavy atom. The second-order valence-corrected chi connectivity index (χ2v) is 15.2. The van der Waals surface area contributed by atoms with E-state index in [0.29, 0.717) is 41.2 Å². The molecule has 0 saturated heterocycles. The smallest absolute Gasteiger partial charge is 0.138 e. The Morgan fingerprint density at radius 2 is 1.48 bits per heavy atom. The molecule has 0 N–H and O–H groups in total. The highest BCUT2D eigenvalue weighted by Gasteiger charge is 2.71. The standard InChI is InChI=1S/C31H48O2/c1-9-31-16-14-26(2,3)19-20(31)25-21(32)18-23-28(6)12-11-24(33)27(4,5)22(28)10-13-29(23,7)30(25,8)15-17-31/h9,20,22-23,25H,1,10-19H2,2-8H3/t20-,22-,23+,25-,28-,29+,30+,31+/m0/s1. The third-order valence-electron chi connectivity index (χ3n) is 13.2. The average Bonchev–Trinajstić information content (AvgIpc) is 2.72. The maximum absolute atomic E-state index is 14.3. The van der Waals surface area contributed by atoms with Crippen molar-refractivity contribution in [3.8, 4) is 0 Å². The van der Waals surface area contributed by atoms with Crippen LogP contribution in [0.15, 0.2) is 12.7 Å². The molecule has 8 atom stereocenters. The molecule has 5 fully saturated rings. The molecule has 2 heteroatoms. The fourth-order valence-electron chi connectivity index (χ4n) is 10.9. The highest BCUT2D eigenvalue weighted by atomic mass is 16.1. The lowest BCUT2D eigenvalue weighted by Crippen LogP contribution is -2.68. The Bertz CT molecular complexity index is 897. The molecule has 5 aliphatic carbocycles. The minimum atomic E-state index is -0.257. The second-order valence-electron chi connectivity index (χ2n) is 15.2. The van der Waals surface area contributed by atoms with Crippen LogP contribution in [0, 0.1) is 56.2 Å². The Morgan fingerprint density at radius 3 is 2.15 bits per heavy atom. The van der Waals surface area contributed by atoms with Crippen LogP contribution in [0.2, 0.25) is 0 Å². The maximum atomic E-state index is 14.3. The molecule has 2 nitrogen and oxygen atoms in total. The zero-order chi connectivity index (χ0) is 24.2. The molecule has 0 heterocycles. The van der Waals surface area contributed by atoms with Gasteiger partial charge in [-0.1, -0.05) is 54.5 Å². The topological polar surface area (TPSA) is 34.1 Å². The summed E-state index contributed by atoms with van der Waals surface area (Å²) in [7, 11) is 0. The predicted octanol–water partition coefficient (Wildman–Crippen LogP) is 7.80. The van der Waals surface area contributed by atoms with Gasteiger partial charge in [0.1, 0.15) is 11.6 Å². The molecule has 0 aromatic heterocycles. The molecule has 5 aliphatic rings. The molecule has 0 aromatic carbocycles. The van der Waals surface area contributed by atoms with E-state index < -0.39 is 0 Å². The van der Waals surface area contributed by atoms with E-state index in [1.54, 1.807) is 0 Å². The largest absolute Gasteiger partial charge is 0.299 e. The van der Waals surface area contributed by atoms with Crippen LogP contribution in [0.4, 0.5) is 0 Å². The van der Waals surface area contributed by atoms with E-state index in [2.05, 4.69) is 61.1 Å². The van der Waals surface area contributed by atoms with Crippen LogP contribution in [0.3, 0.4) is 0 Å². The Labute approximate surface area is 202 Å². The van der Waals surface area contributed by atoms with Gasteiger partial charge in [0, 0.05) is 24.2 Å². The number of ketones is 2. The summed E-state index contributed by atoms with van der Waals surface area (Å²) >= 11 is 0. The van der Waals surface area contributed by atoms with E-state index >= 15 is 0 Å². The minimum absolute atomic E-state index is 0.0528. The van der Waals surface area contributed by atoms with Gasteiger partial charge in [-0.2, -0.15) is 0 Å². The molecular formula is C31H48O2. The summed E-state index contributed by atoms with van der Waals surface area (Å²) in [6, 6.07) is 0. The number of allylic oxidation sites excluding steroid dienone is 1. The lowest BCUT2D eigenvalue weighted by Gasteiger charge is -2.72. The van der Waals surface area contributed by atoms with E-state index in [4.69, 9.17) is 0 Å². The summed E-state index contributed by atoms with van der Waals surface area (Å²) < 4.78 is 0. The molecule has 0 spiro atoms. The molecule has 0 unspecified atom stereocenters. The van der Waals surface area contributed by atoms with Crippen molar-refractivity contribution in [2.75, 3.05) is 0 Å². The van der Waals surface area contributed by atoms with Crippen molar-refractivity contribution in [3.63, 3.8) is 0 Å². The number of fused-ring (bicyclic) bond motifs is 7. The number of hydrogen-bond acceptors (Lipinski definition) is 2. The van der Waals surface area contributed by atoms with Gasteiger partial charge in [0.05, 0.1) is 0 Å². The van der Waals surface area contributed by atoms with E-state index in [-0.39, 0.29) is 33.0 Å². The van der Waals surface area contributed by atoms with Crippen LogP contribution in [0.25, 0.3) is 0 Å². The monoisotopic (exact) mass is 452 g/mol. The SMILES string of the molecule is C=C[C@]12CCC(C)(C)C[C@H]1[C@H]1C(=O)C[C@@H]3[C@@]4(C)CCC(=O)C(C)(C)[C@@H]4CC[C@@]3(C)[C@]1(C)CC2. The molecule has 5 rings (SSSR count). The molecule has 0 aliphatic heterocycles. The second kappa shape index (κ2) is 6.85. The van der Waals surface area contributed by atoms with E-state index in [1.807, 2.05) is 0 Å². The maximum Gasteiger partial charge on any atom is 0.138 e. The highest BCUT2D eigenvalue weighted by molar-refractivity contribution is 5.86. The molecule has 5 saturated carbocycles. The fourth-order valence-corrected chi connectivity index (χ4v) is 10.9. The number of hydrogen-bond donors (Lipinski definition) is 0. The van der Waals surface area contributed by atoms with Gasteiger partial charge in [0.15, 0.2) is 0 Å². The highest BCUT2D eigenvalue weighted by Crippen LogP contribution is 2.76. The van der Waals surface area contributed by atoms with Gasteiger partial charge in [0.25, 0.3) is 0 Å². The first-order valence-electron chi connectivity index (χ1n) is 13.9. The van der Waals surface area contributed by atoms with Crippen molar-refractivity contribution in [2.45, 2.75) is 113 Å². The lowest BCUT2D eigenvalue weighted by atomic mass is 9.31. The van der Waals surface area contributed by atoms with Crippen LogP contribution in [-0.4, -0.2) is 11.6 Å². The molecule has 0 aromatic rings. The first-order valence-corrected chi connectivity index (χ1v) is 13.9. The summed E-state index contributed by atoms with van der Waals surface area (Å²) in [5.74, 6) is 2.41. The predicted molar refractivity (Wildman–Crippen MR) is 135 cm³/mol. The van der Waals surface area contributed by atoms with Gasteiger partial charge >= 0.3 is 0 Å². The number of Topliss-reactive ketones (excluding diaryl/α,β-unsaturated/α-hetero) is 2. The summed E-state index contributed by atoms with van der Waals surface area (Å²) in [4.78, 5) is 27.2. The van der Waals surface area contributed by atoms with Crippen LogP contribution in [0.1, 0.15) is 113 Å². The number of carbonyl (C=O) groups is 2. The van der Waals surface area contributed by atoms with E-state index in [9.17, 15) is 9.59 Å².